The van der Waals surface area contributed by atoms with Crippen molar-refractivity contribution < 1.29 is 57.0 Å². The molecule has 3 aliphatic heterocycles. The monoisotopic (exact) mass is 1040 g/mol. The van der Waals surface area contributed by atoms with Crippen LogP contribution in [0.2, 0.25) is 16.6 Å². The molecule has 3 heterocycles. The van der Waals surface area contributed by atoms with Crippen molar-refractivity contribution in [3.63, 3.8) is 0 Å². The second kappa shape index (κ2) is 25.6. The van der Waals surface area contributed by atoms with Crippen molar-refractivity contribution >= 4 is 55.8 Å². The van der Waals surface area contributed by atoms with Crippen LogP contribution in [0.15, 0.2) is 24.3 Å². The average molecular weight is 1040 g/mol. The summed E-state index contributed by atoms with van der Waals surface area (Å²) in [5, 5.41) is 8.64. The molecule has 0 unspecified atom stereocenters. The summed E-state index contributed by atoms with van der Waals surface area (Å²) >= 11 is 0. The molecular weight excluding hydrogens is 951 g/mol. The minimum absolute atomic E-state index is 0.0251. The van der Waals surface area contributed by atoms with Crippen LogP contribution in [0.3, 0.4) is 0 Å². The maximum Gasteiger partial charge on any atom is 0.408 e. The van der Waals surface area contributed by atoms with Crippen LogP contribution >= 0.6 is 0 Å². The lowest BCUT2D eigenvalue weighted by Crippen LogP contribution is -2.62. The SMILES string of the molecule is CC[C@H](C)[C@H]1NC(=O)[C@@H](NC(=O)OC(C)(C)C)[C@@H](C)OC(=O)[C@H]2Cc3ccccc3CN2C(=O)[C@@H]2CCCN2C(=O)[C@@H](CC(C)C)NC(=O)[C@@H](C)C(=O)[C@@H](C(C)C)OC(=O)C[C@@H]1O[Si](C(C)C)(C(C)C)C(C)C. The molecule has 2 saturated heterocycles. The summed E-state index contributed by atoms with van der Waals surface area (Å²) in [7, 11) is -2.87. The fraction of sp³-hybridized carbons (Fsp3) is 0.745. The molecule has 17 nitrogen and oxygen atoms in total. The van der Waals surface area contributed by atoms with Gasteiger partial charge < -0.3 is 44.4 Å². The number of carbonyl (C=O) groups excluding carboxylic acids is 8. The molecule has 10 atom stereocenters. The molecule has 410 valence electrons. The van der Waals surface area contributed by atoms with E-state index in [4.69, 9.17) is 18.6 Å². The van der Waals surface area contributed by atoms with E-state index in [1.165, 1.54) is 23.6 Å². The van der Waals surface area contributed by atoms with Gasteiger partial charge in [0, 0.05) is 19.5 Å². The first kappa shape index (κ1) is 60.7. The van der Waals surface area contributed by atoms with Gasteiger partial charge in [0.2, 0.25) is 31.9 Å². The molecule has 0 bridgehead atoms. The van der Waals surface area contributed by atoms with Crippen LogP contribution in [0.4, 0.5) is 4.79 Å². The van der Waals surface area contributed by atoms with Gasteiger partial charge in [-0.1, -0.05) is 114 Å². The minimum atomic E-state index is -2.87. The van der Waals surface area contributed by atoms with E-state index in [9.17, 15) is 28.8 Å². The van der Waals surface area contributed by atoms with E-state index < -0.39 is 128 Å². The second-order valence-electron chi connectivity index (χ2n) is 23.5. The molecule has 1 aromatic rings. The summed E-state index contributed by atoms with van der Waals surface area (Å²) in [5.41, 5.74) is 0.776. The van der Waals surface area contributed by atoms with Crippen molar-refractivity contribution in [2.24, 2.45) is 23.7 Å². The van der Waals surface area contributed by atoms with Crippen molar-refractivity contribution in [2.75, 3.05) is 6.54 Å². The van der Waals surface area contributed by atoms with Gasteiger partial charge in [0.05, 0.1) is 24.5 Å². The van der Waals surface area contributed by atoms with Crippen LogP contribution in [0.25, 0.3) is 0 Å². The van der Waals surface area contributed by atoms with Gasteiger partial charge >= 0.3 is 18.0 Å². The molecule has 1 aromatic carbocycles. The van der Waals surface area contributed by atoms with Crippen LogP contribution < -0.4 is 16.0 Å². The molecular formula is C55H89N5O12Si. The Hall–Kier alpha value is -4.84. The summed E-state index contributed by atoms with van der Waals surface area (Å²) in [6, 6.07) is 1.68. The zero-order valence-electron chi connectivity index (χ0n) is 46.9. The number of hydrogen-bond acceptors (Lipinski definition) is 12. The molecule has 0 aromatic heterocycles. The van der Waals surface area contributed by atoms with Gasteiger partial charge in [0.1, 0.15) is 35.9 Å². The van der Waals surface area contributed by atoms with E-state index in [0.29, 0.717) is 19.3 Å². The van der Waals surface area contributed by atoms with Gasteiger partial charge in [-0.2, -0.15) is 0 Å². The van der Waals surface area contributed by atoms with Crippen LogP contribution in [0.1, 0.15) is 161 Å². The molecule has 3 N–H and O–H groups in total. The van der Waals surface area contributed by atoms with E-state index in [1.807, 2.05) is 52.0 Å². The van der Waals surface area contributed by atoms with E-state index in [0.717, 1.165) is 11.1 Å². The molecule has 0 spiro atoms. The predicted molar refractivity (Wildman–Crippen MR) is 280 cm³/mol. The summed E-state index contributed by atoms with van der Waals surface area (Å²) in [6.07, 6.45) is -3.53. The number of nitrogens with one attached hydrogen (secondary N) is 3. The van der Waals surface area contributed by atoms with Crippen molar-refractivity contribution in [1.82, 2.24) is 25.8 Å². The van der Waals surface area contributed by atoms with Crippen LogP contribution in [0, 0.1) is 23.7 Å². The molecule has 73 heavy (non-hydrogen) atoms. The fourth-order valence-electron chi connectivity index (χ4n) is 11.1. The number of cyclic esters (lactones) is 2. The zero-order valence-corrected chi connectivity index (χ0v) is 47.9. The van der Waals surface area contributed by atoms with Gasteiger partial charge in [-0.15, -0.1) is 0 Å². The third-order valence-corrected chi connectivity index (χ3v) is 21.2. The topological polar surface area (TPSA) is 216 Å². The predicted octanol–water partition coefficient (Wildman–Crippen LogP) is 7.56. The normalized spacial score (nSPS) is 27.3. The van der Waals surface area contributed by atoms with E-state index in [-0.39, 0.29) is 54.4 Å². The number of fused-ring (bicyclic) bond motifs is 3. The highest BCUT2D eigenvalue weighted by molar-refractivity contribution is 6.77. The van der Waals surface area contributed by atoms with E-state index in [1.54, 1.807) is 34.6 Å². The number of rotatable bonds is 11. The first-order chi connectivity index (χ1) is 33.9. The molecule has 4 rings (SSSR count). The quantitative estimate of drug-likeness (QED) is 0.0848. The van der Waals surface area contributed by atoms with Crippen molar-refractivity contribution in [3.05, 3.63) is 35.4 Å². The Bertz CT molecular complexity index is 2120. The van der Waals surface area contributed by atoms with Gasteiger partial charge in [-0.3, -0.25) is 28.8 Å². The number of hydrogen-bond donors (Lipinski definition) is 3. The molecule has 0 saturated carbocycles. The molecule has 2 fully saturated rings. The van der Waals surface area contributed by atoms with E-state index >= 15 is 9.59 Å². The molecule has 0 radical (unpaired) electrons. The number of benzene rings is 1. The average Bonchev–Trinajstić information content (AvgIpc) is 3.79. The number of alkyl carbamates (subject to hydrolysis) is 1. The highest BCUT2D eigenvalue weighted by atomic mass is 28.4. The summed E-state index contributed by atoms with van der Waals surface area (Å²) in [4.78, 5) is 119. The number of esters is 2. The Kier molecular flexibility index (Phi) is 21.3. The molecule has 0 aliphatic carbocycles. The van der Waals surface area contributed by atoms with Crippen LogP contribution in [0.5, 0.6) is 0 Å². The molecule has 18 heteroatoms. The van der Waals surface area contributed by atoms with Gasteiger partial charge in [0.25, 0.3) is 0 Å². The third kappa shape index (κ3) is 14.9. The first-order valence-electron chi connectivity index (χ1n) is 26.8. The number of Topliss-reactive ketones (excluding diaryl/α,β-unsaturated/α-hetero) is 1. The Morgan fingerprint density at radius 1 is 0.795 bits per heavy atom. The number of carbonyl (C=O) groups is 8. The Morgan fingerprint density at radius 2 is 1.40 bits per heavy atom. The van der Waals surface area contributed by atoms with Crippen LogP contribution in [-0.2, 0) is 65.2 Å². The Morgan fingerprint density at radius 3 is 1.95 bits per heavy atom. The number of ether oxygens (including phenoxy) is 3. The largest absolute Gasteiger partial charge is 0.458 e. The van der Waals surface area contributed by atoms with Gasteiger partial charge in [-0.25, -0.2) is 9.59 Å². The Balaban J connectivity index is 1.96. The third-order valence-electron chi connectivity index (χ3n) is 15.0. The highest BCUT2D eigenvalue weighted by Gasteiger charge is 2.50. The smallest absolute Gasteiger partial charge is 0.408 e. The van der Waals surface area contributed by atoms with Crippen molar-refractivity contribution in [2.45, 2.75) is 234 Å². The maximum atomic E-state index is 15.1. The Labute approximate surface area is 436 Å². The summed E-state index contributed by atoms with van der Waals surface area (Å²) < 4.78 is 25.3. The van der Waals surface area contributed by atoms with Gasteiger partial charge in [0.15, 0.2) is 11.9 Å². The van der Waals surface area contributed by atoms with Crippen LogP contribution in [-0.4, -0.2) is 126 Å². The van der Waals surface area contributed by atoms with E-state index in [2.05, 4.69) is 57.5 Å². The second-order valence-corrected chi connectivity index (χ2v) is 28.9. The first-order valence-corrected chi connectivity index (χ1v) is 29.0. The molecule has 5 amide bonds. The fourth-order valence-corrected chi connectivity index (χ4v) is 16.6. The maximum absolute atomic E-state index is 15.1. The molecule has 3 aliphatic rings. The summed E-state index contributed by atoms with van der Waals surface area (Å²) in [5.74, 6) is -7.10. The lowest BCUT2D eigenvalue weighted by molar-refractivity contribution is -0.164. The van der Waals surface area contributed by atoms with Crippen molar-refractivity contribution in [1.29, 1.82) is 0 Å². The zero-order chi connectivity index (χ0) is 55.0. The number of amides is 5. The number of nitrogens with zero attached hydrogens (tertiary/aromatic N) is 2. The van der Waals surface area contributed by atoms with Gasteiger partial charge in [-0.05, 0) is 99.4 Å². The number of ketones is 1. The standard InChI is InChI=1S/C55H89N5O12Si/c1-18-35(12)45-43(72-73(32(6)7,33(8)9)34(10)11)28-44(61)70-48(31(4)5)47(62)36(13)49(63)56-40(26-30(2)3)51(65)59-25-21-24-41(59)52(66)60-29-39-23-20-19-22-38(39)27-42(60)53(67)69-37(14)46(50(64)57-45)58-54(68)71-55(15,16)17/h19-20,22-23,30-37,40-43,45-46,48H,18,21,24-29H2,1-17H3,(H,56,63)(H,57,64)(H,58,68)/t35-,36-,37+,40+,41-,42+,43-,45+,46-,48+/m0/s1. The lowest BCUT2D eigenvalue weighted by atomic mass is 9.91. The lowest BCUT2D eigenvalue weighted by Gasteiger charge is -2.47. The summed E-state index contributed by atoms with van der Waals surface area (Å²) in [6.45, 7) is 31.8. The highest BCUT2D eigenvalue weighted by Crippen LogP contribution is 2.44. The minimum Gasteiger partial charge on any atom is -0.458 e. The van der Waals surface area contributed by atoms with Crippen molar-refractivity contribution in [3.8, 4) is 0 Å².